The Hall–Kier alpha value is -2.87. The third kappa shape index (κ3) is 4.28. The third-order valence-electron chi connectivity index (χ3n) is 3.81. The maximum Gasteiger partial charge on any atom is 0.363 e. The number of carbonyl (C=O) groups excluding carboxylic acids is 1. The summed E-state index contributed by atoms with van der Waals surface area (Å²) in [5, 5.41) is 0. The zero-order chi connectivity index (χ0) is 18.6. The molecule has 0 amide bonds. The van der Waals surface area contributed by atoms with Crippen molar-refractivity contribution in [3.05, 3.63) is 93.1 Å². The molecule has 1 aliphatic heterocycles. The van der Waals surface area contributed by atoms with Crippen LogP contribution in [0.5, 0.6) is 5.75 Å². The van der Waals surface area contributed by atoms with E-state index in [1.807, 2.05) is 42.5 Å². The maximum absolute atomic E-state index is 12.0. The molecule has 1 aromatic heterocycles. The summed E-state index contributed by atoms with van der Waals surface area (Å²) < 4.78 is 17.4. The predicted molar refractivity (Wildman–Crippen MR) is 109 cm³/mol. The average molecular weight is 471 g/mol. The summed E-state index contributed by atoms with van der Waals surface area (Å²) in [5.41, 5.74) is 2.11. The lowest BCUT2D eigenvalue weighted by Crippen LogP contribution is -2.04. The van der Waals surface area contributed by atoms with Crippen LogP contribution in [0, 0.1) is 3.57 Å². The van der Waals surface area contributed by atoms with Crippen molar-refractivity contribution in [2.24, 2.45) is 4.99 Å². The zero-order valence-electron chi connectivity index (χ0n) is 14.1. The number of furan rings is 1. The Morgan fingerprint density at radius 2 is 1.96 bits per heavy atom. The number of rotatable bonds is 5. The Bertz CT molecular complexity index is 1040. The third-order valence-corrected chi connectivity index (χ3v) is 4.48. The van der Waals surface area contributed by atoms with Gasteiger partial charge in [0, 0.05) is 3.57 Å². The van der Waals surface area contributed by atoms with Crippen LogP contribution >= 0.6 is 22.6 Å². The van der Waals surface area contributed by atoms with E-state index in [0.29, 0.717) is 18.1 Å². The number of cyclic esters (lactones) is 1. The molecular formula is C21H14INO4. The molecule has 0 saturated heterocycles. The number of esters is 1. The van der Waals surface area contributed by atoms with Crippen LogP contribution in [0.15, 0.2) is 82.0 Å². The van der Waals surface area contributed by atoms with Gasteiger partial charge in [-0.15, -0.1) is 0 Å². The number of halogens is 1. The van der Waals surface area contributed by atoms with Gasteiger partial charge in [0.25, 0.3) is 5.90 Å². The summed E-state index contributed by atoms with van der Waals surface area (Å²) in [5.74, 6) is 0.792. The highest BCUT2D eigenvalue weighted by Crippen LogP contribution is 2.22. The molecule has 0 saturated carbocycles. The van der Waals surface area contributed by atoms with Gasteiger partial charge >= 0.3 is 5.97 Å². The quantitative estimate of drug-likeness (QED) is 0.305. The second-order valence-corrected chi connectivity index (χ2v) is 7.05. The minimum absolute atomic E-state index is 0.169. The summed E-state index contributed by atoms with van der Waals surface area (Å²) in [6, 6.07) is 19.0. The second kappa shape index (κ2) is 7.79. The molecule has 0 fully saturated rings. The van der Waals surface area contributed by atoms with Gasteiger partial charge in [0.05, 0.1) is 6.26 Å². The van der Waals surface area contributed by atoms with Gasteiger partial charge in [-0.2, -0.15) is 0 Å². The number of hydrogen-bond acceptors (Lipinski definition) is 5. The molecule has 0 atom stereocenters. The Morgan fingerprint density at radius 1 is 1.07 bits per heavy atom. The molecule has 3 aromatic rings. The Morgan fingerprint density at radius 3 is 2.78 bits per heavy atom. The molecule has 27 heavy (non-hydrogen) atoms. The maximum atomic E-state index is 12.0. The second-order valence-electron chi connectivity index (χ2n) is 5.80. The van der Waals surface area contributed by atoms with E-state index in [0.717, 1.165) is 14.7 Å². The van der Waals surface area contributed by atoms with Gasteiger partial charge in [-0.05, 0) is 76.2 Å². The van der Waals surface area contributed by atoms with Crippen molar-refractivity contribution < 1.29 is 18.7 Å². The molecule has 134 valence electrons. The average Bonchev–Trinajstić information content (AvgIpc) is 3.31. The van der Waals surface area contributed by atoms with Gasteiger partial charge in [-0.25, -0.2) is 9.79 Å². The van der Waals surface area contributed by atoms with Crippen LogP contribution in [0.1, 0.15) is 16.9 Å². The van der Waals surface area contributed by atoms with Crippen LogP contribution in [0.2, 0.25) is 0 Å². The van der Waals surface area contributed by atoms with Crippen LogP contribution in [0.4, 0.5) is 0 Å². The Balaban J connectivity index is 1.50. The number of ether oxygens (including phenoxy) is 2. The Labute approximate surface area is 169 Å². The first-order valence-electron chi connectivity index (χ1n) is 8.21. The van der Waals surface area contributed by atoms with Crippen molar-refractivity contribution in [1.29, 1.82) is 0 Å². The molecule has 6 heteroatoms. The fourth-order valence-electron chi connectivity index (χ4n) is 2.56. The predicted octanol–water partition coefficient (Wildman–Crippen LogP) is 4.81. The van der Waals surface area contributed by atoms with Crippen molar-refractivity contribution in [3.63, 3.8) is 0 Å². The van der Waals surface area contributed by atoms with Gasteiger partial charge in [-0.3, -0.25) is 0 Å². The molecule has 2 heterocycles. The molecule has 2 aromatic carbocycles. The molecule has 0 spiro atoms. The number of aliphatic imine (C=N–C) groups is 1. The SMILES string of the molecule is O=C1OC(c2ccco2)=N/C1=C\c1cccc(OCc2cccc(I)c2)c1. The molecule has 1 aliphatic rings. The van der Waals surface area contributed by atoms with Crippen molar-refractivity contribution in [2.75, 3.05) is 0 Å². The van der Waals surface area contributed by atoms with E-state index >= 15 is 0 Å². The van der Waals surface area contributed by atoms with Crippen LogP contribution in [-0.2, 0) is 16.1 Å². The molecular weight excluding hydrogens is 457 g/mol. The van der Waals surface area contributed by atoms with E-state index in [9.17, 15) is 4.79 Å². The number of hydrogen-bond donors (Lipinski definition) is 0. The molecule has 4 rings (SSSR count). The molecule has 0 aliphatic carbocycles. The molecule has 0 bridgehead atoms. The largest absolute Gasteiger partial charge is 0.489 e. The first kappa shape index (κ1) is 17.5. The van der Waals surface area contributed by atoms with Gasteiger partial charge in [0.1, 0.15) is 12.4 Å². The van der Waals surface area contributed by atoms with Crippen molar-refractivity contribution in [1.82, 2.24) is 0 Å². The van der Waals surface area contributed by atoms with E-state index in [1.165, 1.54) is 6.26 Å². The molecule has 0 N–H and O–H groups in total. The smallest absolute Gasteiger partial charge is 0.363 e. The van der Waals surface area contributed by atoms with E-state index < -0.39 is 5.97 Å². The monoisotopic (exact) mass is 471 g/mol. The summed E-state index contributed by atoms with van der Waals surface area (Å²) in [6.07, 6.45) is 3.17. The summed E-state index contributed by atoms with van der Waals surface area (Å²) in [4.78, 5) is 16.2. The van der Waals surface area contributed by atoms with Crippen LogP contribution in [0.25, 0.3) is 6.08 Å². The number of benzene rings is 2. The number of nitrogens with zero attached hydrogens (tertiary/aromatic N) is 1. The van der Waals surface area contributed by atoms with Gasteiger partial charge in [0.15, 0.2) is 11.5 Å². The topological polar surface area (TPSA) is 61.0 Å². The summed E-state index contributed by atoms with van der Waals surface area (Å²) in [7, 11) is 0. The zero-order valence-corrected chi connectivity index (χ0v) is 16.3. The normalized spacial score (nSPS) is 14.9. The first-order valence-corrected chi connectivity index (χ1v) is 9.29. The highest BCUT2D eigenvalue weighted by molar-refractivity contribution is 14.1. The lowest BCUT2D eigenvalue weighted by molar-refractivity contribution is -0.130. The summed E-state index contributed by atoms with van der Waals surface area (Å²) >= 11 is 2.27. The molecule has 5 nitrogen and oxygen atoms in total. The first-order chi connectivity index (χ1) is 13.2. The van der Waals surface area contributed by atoms with E-state index in [4.69, 9.17) is 13.9 Å². The van der Waals surface area contributed by atoms with Crippen LogP contribution in [-0.4, -0.2) is 11.9 Å². The fraction of sp³-hybridized carbons (Fsp3) is 0.0476. The van der Waals surface area contributed by atoms with Crippen molar-refractivity contribution >= 4 is 40.5 Å². The fourth-order valence-corrected chi connectivity index (χ4v) is 3.17. The van der Waals surface area contributed by atoms with Crippen molar-refractivity contribution in [3.8, 4) is 5.75 Å². The summed E-state index contributed by atoms with van der Waals surface area (Å²) in [6.45, 7) is 0.472. The molecule has 0 unspecified atom stereocenters. The van der Waals surface area contributed by atoms with Gasteiger partial charge in [0.2, 0.25) is 0 Å². The highest BCUT2D eigenvalue weighted by Gasteiger charge is 2.25. The van der Waals surface area contributed by atoms with Gasteiger partial charge in [-0.1, -0.05) is 24.3 Å². The minimum atomic E-state index is -0.508. The van der Waals surface area contributed by atoms with Crippen LogP contribution < -0.4 is 4.74 Å². The van der Waals surface area contributed by atoms with Crippen molar-refractivity contribution in [2.45, 2.75) is 6.61 Å². The van der Waals surface area contributed by atoms with Crippen LogP contribution in [0.3, 0.4) is 0 Å². The highest BCUT2D eigenvalue weighted by atomic mass is 127. The van der Waals surface area contributed by atoms with Gasteiger partial charge < -0.3 is 13.9 Å². The molecule has 0 radical (unpaired) electrons. The minimum Gasteiger partial charge on any atom is -0.489 e. The lowest BCUT2D eigenvalue weighted by atomic mass is 10.2. The van der Waals surface area contributed by atoms with E-state index in [-0.39, 0.29) is 11.6 Å². The van der Waals surface area contributed by atoms with E-state index in [1.54, 1.807) is 18.2 Å². The Kier molecular flexibility index (Phi) is 5.06. The standard InChI is InChI=1S/C21H14INO4/c22-16-6-1-5-15(10-16)13-26-17-7-2-4-14(11-17)12-18-21(24)27-20(23-18)19-8-3-9-25-19/h1-12H,13H2/b18-12-. The number of carbonyl (C=O) groups is 1. The lowest BCUT2D eigenvalue weighted by Gasteiger charge is -2.07. The van der Waals surface area contributed by atoms with E-state index in [2.05, 4.69) is 33.6 Å².